The molecule has 0 atom stereocenters. The van der Waals surface area contributed by atoms with Crippen molar-refractivity contribution in [3.8, 4) is 45.2 Å². The molecule has 0 saturated heterocycles. The quantitative estimate of drug-likeness (QED) is 0.181. The molecule has 54 heavy (non-hydrogen) atoms. The van der Waals surface area contributed by atoms with Crippen LogP contribution >= 0.6 is 22.7 Å². The molecule has 0 aliphatic heterocycles. The zero-order valence-corrected chi connectivity index (χ0v) is 30.2. The number of nitrogens with zero attached hydrogens (tertiary/aromatic N) is 2. The first-order valence-corrected chi connectivity index (χ1v) is 19.5. The molecule has 0 saturated carbocycles. The lowest BCUT2D eigenvalue weighted by Gasteiger charge is -2.04. The smallest absolute Gasteiger partial charge is 0.227 e. The summed E-state index contributed by atoms with van der Waals surface area (Å²) in [6.45, 7) is 0. The Kier molecular flexibility index (Phi) is 6.34. The van der Waals surface area contributed by atoms with E-state index in [1.807, 2.05) is 59.1 Å². The normalized spacial score (nSPS) is 12.1. The van der Waals surface area contributed by atoms with Crippen LogP contribution in [-0.2, 0) is 0 Å². The molecule has 4 aromatic heterocycles. The number of oxazole rings is 2. The van der Waals surface area contributed by atoms with Crippen molar-refractivity contribution < 1.29 is 8.83 Å². The van der Waals surface area contributed by atoms with Crippen molar-refractivity contribution in [1.82, 2.24) is 9.97 Å². The third-order valence-electron chi connectivity index (χ3n) is 10.6. The van der Waals surface area contributed by atoms with Crippen LogP contribution in [0.4, 0.5) is 0 Å². The lowest BCUT2D eigenvalue weighted by atomic mass is 10.0. The first-order valence-electron chi connectivity index (χ1n) is 17.9. The Hall–Kier alpha value is -6.60. The summed E-state index contributed by atoms with van der Waals surface area (Å²) in [5, 5.41) is 7.17. The number of hydrogen-bond acceptors (Lipinski definition) is 6. The van der Waals surface area contributed by atoms with Crippen molar-refractivity contribution in [1.29, 1.82) is 0 Å². The number of fused-ring (bicyclic) bond motifs is 11. The highest BCUT2D eigenvalue weighted by molar-refractivity contribution is 7.36. The summed E-state index contributed by atoms with van der Waals surface area (Å²) in [6, 6.07) is 55.6. The molecule has 12 rings (SSSR count). The van der Waals surface area contributed by atoms with Gasteiger partial charge in [0.05, 0.1) is 9.40 Å². The van der Waals surface area contributed by atoms with E-state index in [4.69, 9.17) is 18.8 Å². The van der Waals surface area contributed by atoms with Gasteiger partial charge in [0.2, 0.25) is 11.8 Å². The molecule has 0 unspecified atom stereocenters. The number of thiophene rings is 2. The first kappa shape index (κ1) is 29.9. The van der Waals surface area contributed by atoms with Gasteiger partial charge in [-0.1, -0.05) is 109 Å². The molecule has 4 nitrogen and oxygen atoms in total. The summed E-state index contributed by atoms with van der Waals surface area (Å²) < 4.78 is 17.7. The van der Waals surface area contributed by atoms with E-state index in [9.17, 15) is 0 Å². The van der Waals surface area contributed by atoms with Gasteiger partial charge in [-0.05, 0) is 81.6 Å². The highest BCUT2D eigenvalue weighted by Crippen LogP contribution is 2.46. The van der Waals surface area contributed by atoms with E-state index in [2.05, 4.69) is 121 Å². The molecule has 252 valence electrons. The van der Waals surface area contributed by atoms with Gasteiger partial charge in [-0.2, -0.15) is 0 Å². The van der Waals surface area contributed by atoms with Crippen molar-refractivity contribution in [2.75, 3.05) is 0 Å². The van der Waals surface area contributed by atoms with Crippen LogP contribution in [0.1, 0.15) is 0 Å². The second-order valence-corrected chi connectivity index (χ2v) is 15.8. The monoisotopic (exact) mass is 726 g/mol. The number of hydrogen-bond donors (Lipinski definition) is 0. The predicted octanol–water partition coefficient (Wildman–Crippen LogP) is 14.5. The molecule has 6 heteroatoms. The average Bonchev–Trinajstić information content (AvgIpc) is 4.02. The van der Waals surface area contributed by atoms with Crippen LogP contribution in [0.5, 0.6) is 0 Å². The summed E-state index contributed by atoms with van der Waals surface area (Å²) in [4.78, 5) is 9.76. The number of rotatable bonds is 4. The zero-order chi connectivity index (χ0) is 35.3. The lowest BCUT2D eigenvalue weighted by molar-refractivity contribution is 0.619. The molecule has 0 N–H and O–H groups in total. The molecule has 0 radical (unpaired) electrons. The molecule has 0 amide bonds. The third-order valence-corrected chi connectivity index (χ3v) is 13.1. The summed E-state index contributed by atoms with van der Waals surface area (Å²) in [5.74, 6) is 1.28. The van der Waals surface area contributed by atoms with E-state index in [1.54, 1.807) is 0 Å². The van der Waals surface area contributed by atoms with E-state index < -0.39 is 0 Å². The predicted molar refractivity (Wildman–Crippen MR) is 227 cm³/mol. The fourth-order valence-electron chi connectivity index (χ4n) is 7.80. The molecule has 0 aliphatic carbocycles. The second kappa shape index (κ2) is 11.4. The molecule has 12 aromatic rings. The SMILES string of the molecule is c1ccc2c(c1)ccc1oc(-c3ccc(-c4ccc5c(c4)sc4c6ccc(-c7ccc(-c8nc9c(ccc%10ccccc%109)o8)cc7)cc6sc54)cc3)nc12. The summed E-state index contributed by atoms with van der Waals surface area (Å²) in [5.41, 5.74) is 10.1. The second-order valence-electron chi connectivity index (χ2n) is 13.7. The molecule has 0 spiro atoms. The van der Waals surface area contributed by atoms with Crippen LogP contribution in [0.25, 0.3) is 118 Å². The van der Waals surface area contributed by atoms with Gasteiger partial charge in [0, 0.05) is 42.1 Å². The van der Waals surface area contributed by atoms with Gasteiger partial charge in [-0.25, -0.2) is 9.97 Å². The lowest BCUT2D eigenvalue weighted by Crippen LogP contribution is -1.81. The largest absolute Gasteiger partial charge is 0.436 e. The fourth-order valence-corrected chi connectivity index (χ4v) is 10.5. The molecule has 0 aliphatic rings. The van der Waals surface area contributed by atoms with Crippen LogP contribution in [0.2, 0.25) is 0 Å². The molecule has 0 bridgehead atoms. The Morgan fingerprint density at radius 1 is 0.352 bits per heavy atom. The van der Waals surface area contributed by atoms with Crippen LogP contribution in [0.15, 0.2) is 167 Å². The Balaban J connectivity index is 0.831. The minimum atomic E-state index is 0.641. The number of aromatic nitrogens is 2. The number of benzene rings is 8. The summed E-state index contributed by atoms with van der Waals surface area (Å²) in [6.07, 6.45) is 0. The maximum absolute atomic E-state index is 6.19. The molecule has 0 fully saturated rings. The maximum Gasteiger partial charge on any atom is 0.227 e. The highest BCUT2D eigenvalue weighted by Gasteiger charge is 2.16. The van der Waals surface area contributed by atoms with E-state index in [1.165, 1.54) is 51.8 Å². The molecule has 8 aromatic carbocycles. The summed E-state index contributed by atoms with van der Waals surface area (Å²) >= 11 is 3.76. The topological polar surface area (TPSA) is 52.1 Å². The van der Waals surface area contributed by atoms with Crippen molar-refractivity contribution >= 4 is 96.0 Å². The molecule has 4 heterocycles. The van der Waals surface area contributed by atoms with Gasteiger partial charge in [-0.15, -0.1) is 22.7 Å². The van der Waals surface area contributed by atoms with Crippen LogP contribution in [0.3, 0.4) is 0 Å². The molecular formula is C48H26N2O2S2. The minimum Gasteiger partial charge on any atom is -0.436 e. The van der Waals surface area contributed by atoms with Crippen LogP contribution in [-0.4, -0.2) is 9.97 Å². The van der Waals surface area contributed by atoms with E-state index in [0.717, 1.165) is 54.9 Å². The van der Waals surface area contributed by atoms with Crippen molar-refractivity contribution in [3.05, 3.63) is 158 Å². The van der Waals surface area contributed by atoms with Crippen LogP contribution in [0, 0.1) is 0 Å². The van der Waals surface area contributed by atoms with Crippen molar-refractivity contribution in [2.45, 2.75) is 0 Å². The minimum absolute atomic E-state index is 0.641. The summed E-state index contributed by atoms with van der Waals surface area (Å²) in [7, 11) is 0. The van der Waals surface area contributed by atoms with Crippen molar-refractivity contribution in [3.63, 3.8) is 0 Å². The third kappa shape index (κ3) is 4.61. The highest BCUT2D eigenvalue weighted by atomic mass is 32.1. The average molecular weight is 727 g/mol. The van der Waals surface area contributed by atoms with Gasteiger partial charge in [-0.3, -0.25) is 0 Å². The van der Waals surface area contributed by atoms with E-state index in [0.29, 0.717) is 11.8 Å². The maximum atomic E-state index is 6.19. The Labute approximate surface area is 316 Å². The van der Waals surface area contributed by atoms with Crippen LogP contribution < -0.4 is 0 Å². The zero-order valence-electron chi connectivity index (χ0n) is 28.5. The molecular weight excluding hydrogens is 701 g/mol. The van der Waals surface area contributed by atoms with E-state index >= 15 is 0 Å². The Morgan fingerprint density at radius 3 is 1.22 bits per heavy atom. The first-order chi connectivity index (χ1) is 26.7. The van der Waals surface area contributed by atoms with Gasteiger partial charge < -0.3 is 8.83 Å². The Morgan fingerprint density at radius 2 is 0.759 bits per heavy atom. The van der Waals surface area contributed by atoms with Gasteiger partial charge >= 0.3 is 0 Å². The van der Waals surface area contributed by atoms with Gasteiger partial charge in [0.15, 0.2) is 11.2 Å². The van der Waals surface area contributed by atoms with Gasteiger partial charge in [0.25, 0.3) is 0 Å². The van der Waals surface area contributed by atoms with Gasteiger partial charge in [0.1, 0.15) is 11.0 Å². The Bertz CT molecular complexity index is 3210. The standard InChI is InChI=1S/C48H26N2O2S2/c1-3-7-35-29(5-1)19-23-39-43(35)49-47(51-39)31-13-9-27(10-14-31)33-17-21-37-41(25-33)53-46-38-22-18-34(26-42(38)54-45(37)46)28-11-15-32(16-12-28)48-50-44-36-8-4-2-6-30(36)20-24-40(44)52-48/h1-26H. The fraction of sp³-hybridized carbons (Fsp3) is 0. The van der Waals surface area contributed by atoms with Crippen molar-refractivity contribution in [2.24, 2.45) is 0 Å². The van der Waals surface area contributed by atoms with E-state index in [-0.39, 0.29) is 0 Å².